The lowest BCUT2D eigenvalue weighted by Crippen LogP contribution is -2.25. The van der Waals surface area contributed by atoms with E-state index in [1.54, 1.807) is 0 Å². The van der Waals surface area contributed by atoms with E-state index in [1.165, 1.54) is 31.2 Å². The molecule has 2 unspecified atom stereocenters. The number of anilines is 1. The Bertz CT molecular complexity index is 417. The first-order valence-electron chi connectivity index (χ1n) is 7.96. The van der Waals surface area contributed by atoms with Gasteiger partial charge in [-0.3, -0.25) is 0 Å². The maximum Gasteiger partial charge on any atom is 0.316 e. The number of nitrogens with one attached hydrogen (secondary N) is 2. The summed E-state index contributed by atoms with van der Waals surface area (Å²) >= 11 is 0. The summed E-state index contributed by atoms with van der Waals surface area (Å²) in [7, 11) is 0. The van der Waals surface area contributed by atoms with Crippen LogP contribution in [0.2, 0.25) is 0 Å². The van der Waals surface area contributed by atoms with E-state index >= 15 is 0 Å². The number of benzene rings is 1. The molecule has 0 saturated carbocycles. The Morgan fingerprint density at radius 2 is 1.90 bits per heavy atom. The van der Waals surface area contributed by atoms with Crippen LogP contribution in [-0.4, -0.2) is 12.6 Å². The Morgan fingerprint density at radius 3 is 2.43 bits per heavy atom. The van der Waals surface area contributed by atoms with Crippen molar-refractivity contribution in [2.45, 2.75) is 52.5 Å². The number of carbonyl (C=O) groups is 1. The van der Waals surface area contributed by atoms with Gasteiger partial charge < -0.3 is 16.4 Å². The average molecular weight is 291 g/mol. The van der Waals surface area contributed by atoms with Gasteiger partial charge in [-0.15, -0.1) is 0 Å². The van der Waals surface area contributed by atoms with Crippen LogP contribution in [0.15, 0.2) is 24.3 Å². The number of carbonyl (C=O) groups excluding carboxylic acids is 1. The molecule has 4 heteroatoms. The number of hydrogen-bond donors (Lipinski definition) is 3. The van der Waals surface area contributed by atoms with Crippen molar-refractivity contribution in [3.63, 3.8) is 0 Å². The van der Waals surface area contributed by atoms with Gasteiger partial charge in [0.25, 0.3) is 0 Å². The zero-order valence-corrected chi connectivity index (χ0v) is 13.5. The lowest BCUT2D eigenvalue weighted by molar-refractivity contribution is 0.259. The van der Waals surface area contributed by atoms with E-state index in [4.69, 9.17) is 5.73 Å². The number of nitrogens with two attached hydrogens (primary N) is 1. The summed E-state index contributed by atoms with van der Waals surface area (Å²) < 4.78 is 0. The standard InChI is InChI=1S/C17H29N3O/c1-4-6-7-14(5-2)12-19-13(3)15-8-10-16(11-9-15)20-17(18)21/h8-11,13-14,19H,4-7,12H2,1-3H3,(H3,18,20,21). The molecule has 0 heterocycles. The normalized spacial score (nSPS) is 13.7. The SMILES string of the molecule is CCCCC(CC)CNC(C)c1ccc(NC(N)=O)cc1. The van der Waals surface area contributed by atoms with Gasteiger partial charge in [0, 0.05) is 11.7 Å². The highest BCUT2D eigenvalue weighted by Gasteiger charge is 2.09. The van der Waals surface area contributed by atoms with Crippen LogP contribution in [0.5, 0.6) is 0 Å². The van der Waals surface area contributed by atoms with E-state index in [0.29, 0.717) is 6.04 Å². The average Bonchev–Trinajstić information content (AvgIpc) is 2.47. The predicted molar refractivity (Wildman–Crippen MR) is 89.4 cm³/mol. The van der Waals surface area contributed by atoms with Gasteiger partial charge in [-0.2, -0.15) is 0 Å². The van der Waals surface area contributed by atoms with Crippen molar-refractivity contribution in [1.82, 2.24) is 5.32 Å². The molecule has 1 rings (SSSR count). The summed E-state index contributed by atoms with van der Waals surface area (Å²) in [4.78, 5) is 10.8. The topological polar surface area (TPSA) is 67.2 Å². The van der Waals surface area contributed by atoms with Gasteiger partial charge in [-0.25, -0.2) is 4.79 Å². The molecule has 4 N–H and O–H groups in total. The van der Waals surface area contributed by atoms with E-state index in [-0.39, 0.29) is 0 Å². The quantitative estimate of drug-likeness (QED) is 0.642. The van der Waals surface area contributed by atoms with Crippen LogP contribution in [0.25, 0.3) is 0 Å². The Kier molecular flexibility index (Phi) is 7.83. The minimum atomic E-state index is -0.532. The van der Waals surface area contributed by atoms with Gasteiger partial charge in [0.15, 0.2) is 0 Å². The summed E-state index contributed by atoms with van der Waals surface area (Å²) in [6.07, 6.45) is 5.10. The number of amides is 2. The number of hydrogen-bond acceptors (Lipinski definition) is 2. The third-order valence-electron chi connectivity index (χ3n) is 3.93. The highest BCUT2D eigenvalue weighted by molar-refractivity contribution is 5.87. The largest absolute Gasteiger partial charge is 0.351 e. The van der Waals surface area contributed by atoms with Crippen molar-refractivity contribution in [1.29, 1.82) is 0 Å². The van der Waals surface area contributed by atoms with Gasteiger partial charge >= 0.3 is 6.03 Å². The van der Waals surface area contributed by atoms with Crippen LogP contribution < -0.4 is 16.4 Å². The third kappa shape index (κ3) is 6.63. The molecule has 0 aliphatic carbocycles. The van der Waals surface area contributed by atoms with E-state index in [1.807, 2.05) is 24.3 Å². The molecule has 21 heavy (non-hydrogen) atoms. The van der Waals surface area contributed by atoms with E-state index in [9.17, 15) is 4.79 Å². The summed E-state index contributed by atoms with van der Waals surface area (Å²) in [5, 5.41) is 6.18. The second-order valence-electron chi connectivity index (χ2n) is 5.66. The first-order chi connectivity index (χ1) is 10.1. The molecule has 2 amide bonds. The molecule has 4 nitrogen and oxygen atoms in total. The fraction of sp³-hybridized carbons (Fsp3) is 0.588. The van der Waals surface area contributed by atoms with Crippen LogP contribution >= 0.6 is 0 Å². The van der Waals surface area contributed by atoms with Crippen LogP contribution in [0.3, 0.4) is 0 Å². The lowest BCUT2D eigenvalue weighted by Gasteiger charge is -2.20. The molecule has 0 aliphatic rings. The molecule has 0 radical (unpaired) electrons. The van der Waals surface area contributed by atoms with E-state index in [2.05, 4.69) is 31.4 Å². The van der Waals surface area contributed by atoms with Crippen molar-refractivity contribution < 1.29 is 4.79 Å². The van der Waals surface area contributed by atoms with E-state index < -0.39 is 6.03 Å². The molecule has 0 spiro atoms. The molecule has 0 aliphatic heterocycles. The highest BCUT2D eigenvalue weighted by atomic mass is 16.2. The minimum absolute atomic E-state index is 0.309. The first-order valence-corrected chi connectivity index (χ1v) is 7.96. The van der Waals surface area contributed by atoms with Crippen LogP contribution in [0.4, 0.5) is 10.5 Å². The van der Waals surface area contributed by atoms with Crippen LogP contribution in [0, 0.1) is 5.92 Å². The summed E-state index contributed by atoms with van der Waals surface area (Å²) in [6, 6.07) is 7.59. The molecule has 0 bridgehead atoms. The van der Waals surface area contributed by atoms with E-state index in [0.717, 1.165) is 18.2 Å². The number of primary amides is 1. The Balaban J connectivity index is 2.47. The number of rotatable bonds is 9. The molecule has 0 saturated heterocycles. The van der Waals surface area contributed by atoms with Gasteiger partial charge in [-0.05, 0) is 43.5 Å². The zero-order chi connectivity index (χ0) is 15.7. The molecule has 0 aromatic heterocycles. The first kappa shape index (κ1) is 17.5. The molecular formula is C17H29N3O. The third-order valence-corrected chi connectivity index (χ3v) is 3.93. The fourth-order valence-electron chi connectivity index (χ4n) is 2.40. The number of urea groups is 1. The second-order valence-corrected chi connectivity index (χ2v) is 5.66. The van der Waals surface area contributed by atoms with Crippen molar-refractivity contribution in [3.05, 3.63) is 29.8 Å². The van der Waals surface area contributed by atoms with Gasteiger partial charge in [0.2, 0.25) is 0 Å². The molecule has 1 aromatic rings. The van der Waals surface area contributed by atoms with Gasteiger partial charge in [0.05, 0.1) is 0 Å². The fourth-order valence-corrected chi connectivity index (χ4v) is 2.40. The highest BCUT2D eigenvalue weighted by Crippen LogP contribution is 2.18. The monoisotopic (exact) mass is 291 g/mol. The van der Waals surface area contributed by atoms with Crippen molar-refractivity contribution in [3.8, 4) is 0 Å². The predicted octanol–water partition coefficient (Wildman–Crippen LogP) is 4.04. The Hall–Kier alpha value is -1.55. The summed E-state index contributed by atoms with van der Waals surface area (Å²) in [6.45, 7) is 7.73. The molecule has 0 fully saturated rings. The van der Waals surface area contributed by atoms with Crippen LogP contribution in [-0.2, 0) is 0 Å². The second kappa shape index (κ2) is 9.40. The maximum absolute atomic E-state index is 10.8. The lowest BCUT2D eigenvalue weighted by atomic mass is 9.98. The van der Waals surface area contributed by atoms with Crippen molar-refractivity contribution >= 4 is 11.7 Å². The minimum Gasteiger partial charge on any atom is -0.351 e. The van der Waals surface area contributed by atoms with Gasteiger partial charge in [-0.1, -0.05) is 45.2 Å². The Labute approximate surface area is 128 Å². The molecule has 118 valence electrons. The van der Waals surface area contributed by atoms with Gasteiger partial charge in [0.1, 0.15) is 0 Å². The smallest absolute Gasteiger partial charge is 0.316 e. The molecular weight excluding hydrogens is 262 g/mol. The molecule has 2 atom stereocenters. The van der Waals surface area contributed by atoms with Crippen molar-refractivity contribution in [2.24, 2.45) is 11.7 Å². The summed E-state index contributed by atoms with van der Waals surface area (Å²) in [5.74, 6) is 0.753. The summed E-state index contributed by atoms with van der Waals surface area (Å²) in [5.41, 5.74) is 7.04. The maximum atomic E-state index is 10.8. The zero-order valence-electron chi connectivity index (χ0n) is 13.5. The molecule has 1 aromatic carbocycles. The Morgan fingerprint density at radius 1 is 1.24 bits per heavy atom. The number of unbranched alkanes of at least 4 members (excludes halogenated alkanes) is 1. The van der Waals surface area contributed by atoms with Crippen LogP contribution in [0.1, 0.15) is 58.1 Å². The van der Waals surface area contributed by atoms with Crippen molar-refractivity contribution in [2.75, 3.05) is 11.9 Å².